The molecule has 0 aliphatic heterocycles. The number of nitrogens with one attached hydrogen (secondary N) is 3. The maximum Gasteiger partial charge on any atom is 0.244 e. The van der Waals surface area contributed by atoms with Crippen LogP contribution >= 0.6 is 0 Å². The predicted octanol–water partition coefficient (Wildman–Crippen LogP) is 1.63. The molecule has 0 saturated heterocycles. The smallest absolute Gasteiger partial charge is 0.244 e. The first-order valence-corrected chi connectivity index (χ1v) is 8.77. The zero-order valence-electron chi connectivity index (χ0n) is 16.8. The largest absolute Gasteiger partial charge is 0.497 e. The second kappa shape index (κ2) is 9.75. The average molecular weight is 375 g/mol. The Kier molecular flexibility index (Phi) is 8.02. The summed E-state index contributed by atoms with van der Waals surface area (Å²) < 4.78 is 5.07. The lowest BCUT2D eigenvalue weighted by molar-refractivity contribution is -0.131. The summed E-state index contributed by atoms with van der Waals surface area (Å²) in [7, 11) is 1.58. The SMILES string of the molecule is COc1ccc(/C=C/C(=O)NC(C)C(=O)NC(C)C(=O)NC(C)(C)C)cc1. The van der Waals surface area contributed by atoms with Gasteiger partial charge in [0, 0.05) is 11.6 Å². The van der Waals surface area contributed by atoms with Crippen molar-refractivity contribution in [2.75, 3.05) is 7.11 Å². The van der Waals surface area contributed by atoms with E-state index in [-0.39, 0.29) is 11.4 Å². The van der Waals surface area contributed by atoms with Gasteiger partial charge in [-0.15, -0.1) is 0 Å². The highest BCUT2D eigenvalue weighted by Crippen LogP contribution is 2.12. The molecule has 0 aromatic heterocycles. The van der Waals surface area contributed by atoms with Crippen molar-refractivity contribution in [3.05, 3.63) is 35.9 Å². The second-order valence-corrected chi connectivity index (χ2v) is 7.31. The molecule has 2 atom stereocenters. The van der Waals surface area contributed by atoms with E-state index in [9.17, 15) is 14.4 Å². The molecule has 0 aliphatic rings. The lowest BCUT2D eigenvalue weighted by Crippen LogP contribution is -2.54. The molecule has 1 rings (SSSR count). The van der Waals surface area contributed by atoms with Gasteiger partial charge in [0.05, 0.1) is 7.11 Å². The maximum absolute atomic E-state index is 12.2. The Balaban J connectivity index is 2.52. The average Bonchev–Trinajstić information content (AvgIpc) is 2.58. The first kappa shape index (κ1) is 22.2. The molecular weight excluding hydrogens is 346 g/mol. The summed E-state index contributed by atoms with van der Waals surface area (Å²) in [4.78, 5) is 36.2. The summed E-state index contributed by atoms with van der Waals surface area (Å²) >= 11 is 0. The Morgan fingerprint density at radius 1 is 0.963 bits per heavy atom. The van der Waals surface area contributed by atoms with Crippen LogP contribution < -0.4 is 20.7 Å². The predicted molar refractivity (Wildman–Crippen MR) is 105 cm³/mol. The molecule has 0 fully saturated rings. The van der Waals surface area contributed by atoms with E-state index in [1.54, 1.807) is 39.2 Å². The number of hydrogen-bond acceptors (Lipinski definition) is 4. The molecule has 7 nitrogen and oxygen atoms in total. The molecule has 0 bridgehead atoms. The minimum absolute atomic E-state index is 0.284. The fraction of sp³-hybridized carbons (Fsp3) is 0.450. The third-order valence-corrected chi connectivity index (χ3v) is 3.55. The Bertz CT molecular complexity index is 690. The summed E-state index contributed by atoms with van der Waals surface area (Å²) in [6.45, 7) is 8.73. The number of hydrogen-bond donors (Lipinski definition) is 3. The third kappa shape index (κ3) is 8.40. The molecule has 3 amide bonds. The van der Waals surface area contributed by atoms with Crippen LogP contribution in [0, 0.1) is 0 Å². The molecule has 148 valence electrons. The highest BCUT2D eigenvalue weighted by molar-refractivity contribution is 5.96. The minimum atomic E-state index is -0.775. The van der Waals surface area contributed by atoms with Crippen LogP contribution in [0.1, 0.15) is 40.2 Å². The number of carbonyl (C=O) groups is 3. The van der Waals surface area contributed by atoms with Crippen LogP contribution in [-0.2, 0) is 14.4 Å². The van der Waals surface area contributed by atoms with Crippen molar-refractivity contribution in [1.82, 2.24) is 16.0 Å². The summed E-state index contributed by atoms with van der Waals surface area (Å²) in [6, 6.07) is 5.73. The second-order valence-electron chi connectivity index (χ2n) is 7.31. The van der Waals surface area contributed by atoms with Gasteiger partial charge in [-0.2, -0.15) is 0 Å². The van der Waals surface area contributed by atoms with Gasteiger partial charge in [0.25, 0.3) is 0 Å². The van der Waals surface area contributed by atoms with E-state index in [0.717, 1.165) is 11.3 Å². The lowest BCUT2D eigenvalue weighted by atomic mass is 10.1. The molecule has 1 aromatic carbocycles. The Morgan fingerprint density at radius 3 is 2.04 bits per heavy atom. The van der Waals surface area contributed by atoms with Crippen LogP contribution in [0.15, 0.2) is 30.3 Å². The number of amides is 3. The van der Waals surface area contributed by atoms with E-state index in [1.165, 1.54) is 6.08 Å². The van der Waals surface area contributed by atoms with E-state index in [1.807, 2.05) is 32.9 Å². The molecule has 2 unspecified atom stereocenters. The van der Waals surface area contributed by atoms with Crippen molar-refractivity contribution in [1.29, 1.82) is 0 Å². The molecule has 1 aromatic rings. The van der Waals surface area contributed by atoms with Crippen molar-refractivity contribution < 1.29 is 19.1 Å². The fourth-order valence-electron chi connectivity index (χ4n) is 2.10. The first-order valence-electron chi connectivity index (χ1n) is 8.77. The van der Waals surface area contributed by atoms with Gasteiger partial charge in [-0.05, 0) is 58.4 Å². The topological polar surface area (TPSA) is 96.5 Å². The van der Waals surface area contributed by atoms with Crippen LogP contribution in [0.4, 0.5) is 0 Å². The van der Waals surface area contributed by atoms with Crippen LogP contribution in [-0.4, -0.2) is 42.5 Å². The number of benzene rings is 1. The summed E-state index contributed by atoms with van der Waals surface area (Å²) in [5.41, 5.74) is 0.442. The van der Waals surface area contributed by atoms with E-state index in [0.29, 0.717) is 0 Å². The standard InChI is InChI=1S/C20H29N3O4/c1-13(18(25)22-14(2)19(26)23-20(3,4)5)21-17(24)12-9-15-7-10-16(27-6)11-8-15/h7-14H,1-6H3,(H,21,24)(H,22,25)(H,23,26)/b12-9+. The van der Waals surface area contributed by atoms with Gasteiger partial charge in [-0.1, -0.05) is 12.1 Å². The van der Waals surface area contributed by atoms with Gasteiger partial charge in [0.2, 0.25) is 17.7 Å². The number of ether oxygens (including phenoxy) is 1. The Labute approximate surface area is 160 Å². The van der Waals surface area contributed by atoms with Gasteiger partial charge < -0.3 is 20.7 Å². The van der Waals surface area contributed by atoms with Gasteiger partial charge in [-0.3, -0.25) is 14.4 Å². The van der Waals surface area contributed by atoms with Crippen molar-refractivity contribution >= 4 is 23.8 Å². The van der Waals surface area contributed by atoms with Crippen LogP contribution in [0.25, 0.3) is 6.08 Å². The van der Waals surface area contributed by atoms with Crippen LogP contribution in [0.5, 0.6) is 5.75 Å². The van der Waals surface area contributed by atoms with Crippen molar-refractivity contribution in [2.24, 2.45) is 0 Å². The van der Waals surface area contributed by atoms with E-state index in [4.69, 9.17) is 4.74 Å². The van der Waals surface area contributed by atoms with Gasteiger partial charge in [0.1, 0.15) is 17.8 Å². The maximum atomic E-state index is 12.2. The summed E-state index contributed by atoms with van der Waals surface area (Å²) in [5.74, 6) is -0.390. The van der Waals surface area contributed by atoms with E-state index < -0.39 is 23.9 Å². The third-order valence-electron chi connectivity index (χ3n) is 3.55. The molecule has 3 N–H and O–H groups in total. The van der Waals surface area contributed by atoms with E-state index >= 15 is 0 Å². The monoisotopic (exact) mass is 375 g/mol. The zero-order chi connectivity index (χ0) is 20.6. The molecule has 0 heterocycles. The molecule has 0 radical (unpaired) electrons. The van der Waals surface area contributed by atoms with Gasteiger partial charge >= 0.3 is 0 Å². The number of methoxy groups -OCH3 is 1. The lowest BCUT2D eigenvalue weighted by Gasteiger charge is -2.24. The molecule has 27 heavy (non-hydrogen) atoms. The fourth-order valence-corrected chi connectivity index (χ4v) is 2.10. The quantitative estimate of drug-likeness (QED) is 0.631. The highest BCUT2D eigenvalue weighted by atomic mass is 16.5. The Morgan fingerprint density at radius 2 is 1.52 bits per heavy atom. The summed E-state index contributed by atoms with van der Waals surface area (Å²) in [5, 5.41) is 7.95. The molecule has 0 saturated carbocycles. The zero-order valence-corrected chi connectivity index (χ0v) is 16.8. The van der Waals surface area contributed by atoms with Crippen LogP contribution in [0.3, 0.4) is 0 Å². The molecule has 0 spiro atoms. The number of rotatable bonds is 7. The number of carbonyl (C=O) groups excluding carboxylic acids is 3. The molecule has 7 heteroatoms. The van der Waals surface area contributed by atoms with Crippen molar-refractivity contribution in [3.63, 3.8) is 0 Å². The summed E-state index contributed by atoms with van der Waals surface area (Å²) in [6.07, 6.45) is 2.99. The van der Waals surface area contributed by atoms with E-state index in [2.05, 4.69) is 16.0 Å². The first-order chi connectivity index (χ1) is 12.5. The molecular formula is C20H29N3O4. The Hall–Kier alpha value is -2.83. The minimum Gasteiger partial charge on any atom is -0.497 e. The molecule has 0 aliphatic carbocycles. The van der Waals surface area contributed by atoms with Gasteiger partial charge in [-0.25, -0.2) is 0 Å². The normalized spacial score (nSPS) is 13.6. The van der Waals surface area contributed by atoms with Gasteiger partial charge in [0.15, 0.2) is 0 Å². The van der Waals surface area contributed by atoms with Crippen molar-refractivity contribution in [3.8, 4) is 5.75 Å². The van der Waals surface area contributed by atoms with Crippen molar-refractivity contribution in [2.45, 2.75) is 52.2 Å². The van der Waals surface area contributed by atoms with Crippen LogP contribution in [0.2, 0.25) is 0 Å². The highest BCUT2D eigenvalue weighted by Gasteiger charge is 2.23.